The predicted octanol–water partition coefficient (Wildman–Crippen LogP) is 4.12. The molecule has 1 amide bonds. The van der Waals surface area contributed by atoms with Crippen LogP contribution in [0, 0.1) is 0 Å². The van der Waals surface area contributed by atoms with Crippen LogP contribution < -0.4 is 15.5 Å². The SMILES string of the molecule is COc1ccc(-c2cc(=O)c3cc(NC(=O)c4ccccn4)ccc3o2)cc1. The van der Waals surface area contributed by atoms with Crippen LogP contribution in [0.4, 0.5) is 5.69 Å². The van der Waals surface area contributed by atoms with Crippen LogP contribution >= 0.6 is 0 Å². The molecule has 0 aliphatic rings. The van der Waals surface area contributed by atoms with Gasteiger partial charge in [-0.3, -0.25) is 14.6 Å². The molecular formula is C22H16N2O4. The van der Waals surface area contributed by atoms with Gasteiger partial charge in [-0.25, -0.2) is 0 Å². The molecule has 6 nitrogen and oxygen atoms in total. The lowest BCUT2D eigenvalue weighted by atomic mass is 10.1. The number of ether oxygens (including phenoxy) is 1. The molecule has 4 rings (SSSR count). The smallest absolute Gasteiger partial charge is 0.274 e. The maximum absolute atomic E-state index is 12.6. The second-order valence-electron chi connectivity index (χ2n) is 6.08. The second kappa shape index (κ2) is 7.36. The number of fused-ring (bicyclic) bond motifs is 1. The number of hydrogen-bond acceptors (Lipinski definition) is 5. The lowest BCUT2D eigenvalue weighted by Crippen LogP contribution is -2.13. The average Bonchev–Trinajstić information content (AvgIpc) is 2.74. The maximum Gasteiger partial charge on any atom is 0.274 e. The van der Waals surface area contributed by atoms with Gasteiger partial charge in [-0.2, -0.15) is 0 Å². The summed E-state index contributed by atoms with van der Waals surface area (Å²) in [4.78, 5) is 28.8. The van der Waals surface area contributed by atoms with E-state index in [1.165, 1.54) is 6.07 Å². The summed E-state index contributed by atoms with van der Waals surface area (Å²) in [5, 5.41) is 3.13. The number of nitrogens with zero attached hydrogens (tertiary/aromatic N) is 1. The molecule has 4 aromatic rings. The Morgan fingerprint density at radius 3 is 2.57 bits per heavy atom. The molecule has 0 saturated carbocycles. The highest BCUT2D eigenvalue weighted by atomic mass is 16.5. The number of amides is 1. The summed E-state index contributed by atoms with van der Waals surface area (Å²) < 4.78 is 11.0. The molecule has 2 heterocycles. The fourth-order valence-electron chi connectivity index (χ4n) is 2.82. The van der Waals surface area contributed by atoms with Crippen molar-refractivity contribution in [1.29, 1.82) is 0 Å². The van der Waals surface area contributed by atoms with Crippen LogP contribution in [-0.2, 0) is 0 Å². The first kappa shape index (κ1) is 17.5. The van der Waals surface area contributed by atoms with E-state index < -0.39 is 0 Å². The van der Waals surface area contributed by atoms with Gasteiger partial charge in [-0.15, -0.1) is 0 Å². The first-order valence-electron chi connectivity index (χ1n) is 8.59. The minimum absolute atomic E-state index is 0.194. The number of benzene rings is 2. The van der Waals surface area contributed by atoms with Crippen LogP contribution in [0.2, 0.25) is 0 Å². The number of methoxy groups -OCH3 is 1. The highest BCUT2D eigenvalue weighted by Gasteiger charge is 2.11. The van der Waals surface area contributed by atoms with Crippen LogP contribution in [0.25, 0.3) is 22.3 Å². The number of aromatic nitrogens is 1. The van der Waals surface area contributed by atoms with Crippen molar-refractivity contribution in [2.24, 2.45) is 0 Å². The van der Waals surface area contributed by atoms with E-state index in [9.17, 15) is 9.59 Å². The zero-order chi connectivity index (χ0) is 19.5. The molecule has 0 radical (unpaired) electrons. The minimum atomic E-state index is -0.348. The summed E-state index contributed by atoms with van der Waals surface area (Å²) in [6.45, 7) is 0. The highest BCUT2D eigenvalue weighted by molar-refractivity contribution is 6.03. The third-order valence-electron chi connectivity index (χ3n) is 4.26. The Hall–Kier alpha value is -3.93. The van der Waals surface area contributed by atoms with Crippen molar-refractivity contribution in [2.75, 3.05) is 12.4 Å². The Labute approximate surface area is 160 Å². The number of hydrogen-bond donors (Lipinski definition) is 1. The number of anilines is 1. The zero-order valence-electron chi connectivity index (χ0n) is 15.0. The number of nitrogens with one attached hydrogen (secondary N) is 1. The molecule has 0 saturated heterocycles. The maximum atomic E-state index is 12.6. The fraction of sp³-hybridized carbons (Fsp3) is 0.0455. The number of carbonyl (C=O) groups is 1. The van der Waals surface area contributed by atoms with E-state index in [2.05, 4.69) is 10.3 Å². The van der Waals surface area contributed by atoms with Gasteiger partial charge in [-0.1, -0.05) is 6.07 Å². The van der Waals surface area contributed by atoms with Crippen LogP contribution in [0.15, 0.2) is 82.1 Å². The predicted molar refractivity (Wildman–Crippen MR) is 107 cm³/mol. The monoisotopic (exact) mass is 372 g/mol. The number of rotatable bonds is 4. The van der Waals surface area contributed by atoms with E-state index in [-0.39, 0.29) is 11.3 Å². The molecule has 0 spiro atoms. The molecule has 138 valence electrons. The van der Waals surface area contributed by atoms with Crippen LogP contribution in [0.1, 0.15) is 10.5 Å². The van der Waals surface area contributed by atoms with Crippen LogP contribution in [0.3, 0.4) is 0 Å². The Balaban J connectivity index is 1.66. The van der Waals surface area contributed by atoms with Crippen molar-refractivity contribution in [3.8, 4) is 17.1 Å². The molecule has 0 fully saturated rings. The van der Waals surface area contributed by atoms with Crippen LogP contribution in [0.5, 0.6) is 5.75 Å². The lowest BCUT2D eigenvalue weighted by molar-refractivity contribution is 0.102. The van der Waals surface area contributed by atoms with E-state index in [4.69, 9.17) is 9.15 Å². The number of carbonyl (C=O) groups excluding carboxylic acids is 1. The van der Waals surface area contributed by atoms with Gasteiger partial charge in [-0.05, 0) is 54.6 Å². The quantitative estimate of drug-likeness (QED) is 0.583. The second-order valence-corrected chi connectivity index (χ2v) is 6.08. The molecule has 0 bridgehead atoms. The molecular weight excluding hydrogens is 356 g/mol. The molecule has 2 aromatic carbocycles. The Morgan fingerprint density at radius 2 is 1.86 bits per heavy atom. The normalized spacial score (nSPS) is 10.6. The van der Waals surface area contributed by atoms with E-state index in [1.807, 2.05) is 12.1 Å². The van der Waals surface area contributed by atoms with Crippen molar-refractivity contribution in [2.45, 2.75) is 0 Å². The third kappa shape index (κ3) is 3.48. The van der Waals surface area contributed by atoms with Gasteiger partial charge in [0.1, 0.15) is 22.8 Å². The topological polar surface area (TPSA) is 81.4 Å². The van der Waals surface area contributed by atoms with Crippen molar-refractivity contribution in [3.05, 3.63) is 88.8 Å². The standard InChI is InChI=1S/C22H16N2O4/c1-27-16-8-5-14(6-9-16)21-13-19(25)17-12-15(7-10-20(17)28-21)24-22(26)18-4-2-3-11-23-18/h2-13H,1H3,(H,24,26). The molecule has 0 atom stereocenters. The molecule has 0 aliphatic carbocycles. The average molecular weight is 372 g/mol. The molecule has 1 N–H and O–H groups in total. The van der Waals surface area contributed by atoms with Gasteiger partial charge in [0.2, 0.25) is 0 Å². The summed E-state index contributed by atoms with van der Waals surface area (Å²) in [5.41, 5.74) is 1.81. The molecule has 0 aliphatic heterocycles. The number of pyridine rings is 1. The van der Waals surface area contributed by atoms with Gasteiger partial charge >= 0.3 is 0 Å². The third-order valence-corrected chi connectivity index (χ3v) is 4.26. The molecule has 0 unspecified atom stereocenters. The molecule has 28 heavy (non-hydrogen) atoms. The van der Waals surface area contributed by atoms with E-state index in [1.54, 1.807) is 61.8 Å². The van der Waals surface area contributed by atoms with E-state index >= 15 is 0 Å². The Morgan fingerprint density at radius 1 is 1.04 bits per heavy atom. The Bertz CT molecular complexity index is 1200. The minimum Gasteiger partial charge on any atom is -0.497 e. The molecule has 6 heteroatoms. The van der Waals surface area contributed by atoms with Gasteiger partial charge in [0.05, 0.1) is 12.5 Å². The van der Waals surface area contributed by atoms with Crippen molar-refractivity contribution < 1.29 is 13.9 Å². The lowest BCUT2D eigenvalue weighted by Gasteiger charge is -2.07. The zero-order valence-corrected chi connectivity index (χ0v) is 15.0. The van der Waals surface area contributed by atoms with E-state index in [0.717, 1.165) is 11.3 Å². The first-order valence-corrected chi connectivity index (χ1v) is 8.59. The first-order chi connectivity index (χ1) is 13.6. The Kier molecular flexibility index (Phi) is 4.60. The van der Waals surface area contributed by atoms with E-state index in [0.29, 0.717) is 28.1 Å². The van der Waals surface area contributed by atoms with Crippen molar-refractivity contribution in [3.63, 3.8) is 0 Å². The van der Waals surface area contributed by atoms with Gasteiger partial charge in [0.15, 0.2) is 5.43 Å². The van der Waals surface area contributed by atoms with Gasteiger partial charge in [0.25, 0.3) is 5.91 Å². The largest absolute Gasteiger partial charge is 0.497 e. The van der Waals surface area contributed by atoms with Crippen molar-refractivity contribution in [1.82, 2.24) is 4.98 Å². The summed E-state index contributed by atoms with van der Waals surface area (Å²) in [5.74, 6) is 0.838. The molecule has 2 aromatic heterocycles. The highest BCUT2D eigenvalue weighted by Crippen LogP contribution is 2.25. The fourth-order valence-corrected chi connectivity index (χ4v) is 2.82. The van der Waals surface area contributed by atoms with Crippen LogP contribution in [-0.4, -0.2) is 18.0 Å². The summed E-state index contributed by atoms with van der Waals surface area (Å²) in [7, 11) is 1.59. The van der Waals surface area contributed by atoms with Gasteiger partial charge < -0.3 is 14.5 Å². The van der Waals surface area contributed by atoms with Gasteiger partial charge in [0, 0.05) is 23.5 Å². The summed E-state index contributed by atoms with van der Waals surface area (Å²) in [6.07, 6.45) is 1.55. The summed E-state index contributed by atoms with van der Waals surface area (Å²) in [6, 6.07) is 18.7. The summed E-state index contributed by atoms with van der Waals surface area (Å²) >= 11 is 0. The van der Waals surface area contributed by atoms with Crippen molar-refractivity contribution >= 4 is 22.6 Å².